The predicted octanol–water partition coefficient (Wildman–Crippen LogP) is 6.30. The van der Waals surface area contributed by atoms with Crippen LogP contribution in [0.2, 0.25) is 0 Å². The maximum atomic E-state index is 12.8. The van der Waals surface area contributed by atoms with Crippen molar-refractivity contribution in [1.29, 1.82) is 0 Å². The molecule has 0 aliphatic heterocycles. The van der Waals surface area contributed by atoms with Crippen LogP contribution >= 0.6 is 0 Å². The molecule has 0 radical (unpaired) electrons. The molecule has 0 spiro atoms. The fourth-order valence-corrected chi connectivity index (χ4v) is 4.07. The summed E-state index contributed by atoms with van der Waals surface area (Å²) in [6, 6.07) is 8.68. The van der Waals surface area contributed by atoms with E-state index in [9.17, 15) is 18.3 Å². The Hall–Kier alpha value is -2.45. The Balaban J connectivity index is 2.00. The van der Waals surface area contributed by atoms with E-state index in [1.165, 1.54) is 12.1 Å². The van der Waals surface area contributed by atoms with Crippen LogP contribution in [0.1, 0.15) is 74.5 Å². The number of ether oxygens (including phenoxy) is 1. The molecular weight excluding hydrogens is 389 g/mol. The number of hydrogen-bond donors (Lipinski definition) is 1. The van der Waals surface area contributed by atoms with Crippen molar-refractivity contribution in [2.45, 2.75) is 70.3 Å². The maximum absolute atomic E-state index is 12.8. The molecule has 2 nitrogen and oxygen atoms in total. The summed E-state index contributed by atoms with van der Waals surface area (Å²) < 4.78 is 44.5. The molecule has 1 N–H and O–H groups in total. The first-order valence-electron chi connectivity index (χ1n) is 9.97. The zero-order valence-corrected chi connectivity index (χ0v) is 17.7. The first-order chi connectivity index (χ1) is 13.8. The molecule has 0 fully saturated rings. The van der Waals surface area contributed by atoms with Crippen LogP contribution < -0.4 is 4.74 Å². The predicted molar refractivity (Wildman–Crippen MR) is 111 cm³/mol. The van der Waals surface area contributed by atoms with Crippen molar-refractivity contribution in [3.05, 3.63) is 64.2 Å². The monoisotopic (exact) mass is 416 g/mol. The second-order valence-corrected chi connectivity index (χ2v) is 9.26. The standard InChI is InChI=1S/C25H27F3O2/c1-6-20(29)17-13-19-22(24(4,5)12-11-23(19,2)3)21(14-17)30-15-16-7-9-18(10-8-16)25(26,27)28/h1,7-10,13-14,20,29H,11-12,15H2,2-5H3. The number of halogens is 3. The Morgan fingerprint density at radius 2 is 1.67 bits per heavy atom. The van der Waals surface area contributed by atoms with Crippen molar-refractivity contribution in [3.63, 3.8) is 0 Å². The number of aliphatic hydroxyl groups is 1. The van der Waals surface area contributed by atoms with E-state index < -0.39 is 17.8 Å². The van der Waals surface area contributed by atoms with Gasteiger partial charge < -0.3 is 9.84 Å². The molecule has 0 aromatic heterocycles. The van der Waals surface area contributed by atoms with Gasteiger partial charge in [-0.25, -0.2) is 0 Å². The molecule has 2 aromatic rings. The van der Waals surface area contributed by atoms with Crippen LogP contribution in [0.3, 0.4) is 0 Å². The number of benzene rings is 2. The maximum Gasteiger partial charge on any atom is 0.416 e. The molecule has 1 unspecified atom stereocenters. The van der Waals surface area contributed by atoms with Gasteiger partial charge in [0.15, 0.2) is 0 Å². The van der Waals surface area contributed by atoms with E-state index in [-0.39, 0.29) is 17.4 Å². The van der Waals surface area contributed by atoms with Gasteiger partial charge in [0.2, 0.25) is 0 Å². The van der Waals surface area contributed by atoms with E-state index in [1.807, 2.05) is 6.07 Å². The van der Waals surface area contributed by atoms with Crippen molar-refractivity contribution in [1.82, 2.24) is 0 Å². The number of aliphatic hydroxyl groups excluding tert-OH is 1. The minimum Gasteiger partial charge on any atom is -0.489 e. The van der Waals surface area contributed by atoms with E-state index in [2.05, 4.69) is 33.6 Å². The molecule has 160 valence electrons. The van der Waals surface area contributed by atoms with Crippen molar-refractivity contribution >= 4 is 0 Å². The summed E-state index contributed by atoms with van der Waals surface area (Å²) in [6.07, 6.45) is 1.97. The molecule has 1 aliphatic carbocycles. The topological polar surface area (TPSA) is 29.5 Å². The van der Waals surface area contributed by atoms with Gasteiger partial charge in [0.25, 0.3) is 0 Å². The SMILES string of the molecule is C#CC(O)c1cc(OCc2ccc(C(F)(F)F)cc2)c2c(c1)C(C)(C)CCC2(C)C. The number of alkyl halides is 3. The van der Waals surface area contributed by atoms with Gasteiger partial charge in [-0.05, 0) is 58.6 Å². The lowest BCUT2D eigenvalue weighted by Crippen LogP contribution is -2.34. The summed E-state index contributed by atoms with van der Waals surface area (Å²) in [4.78, 5) is 0. The van der Waals surface area contributed by atoms with Gasteiger partial charge in [-0.3, -0.25) is 0 Å². The zero-order valence-electron chi connectivity index (χ0n) is 17.7. The van der Waals surface area contributed by atoms with E-state index in [0.717, 1.165) is 36.1 Å². The first-order valence-corrected chi connectivity index (χ1v) is 9.97. The Kier molecular flexibility index (Phi) is 5.68. The highest BCUT2D eigenvalue weighted by Gasteiger charge is 2.40. The highest BCUT2D eigenvalue weighted by Crippen LogP contribution is 2.50. The molecule has 0 bridgehead atoms. The molecule has 2 aromatic carbocycles. The Morgan fingerprint density at radius 1 is 1.07 bits per heavy atom. The quantitative estimate of drug-likeness (QED) is 0.593. The Bertz CT molecular complexity index is 964. The molecule has 5 heteroatoms. The van der Waals surface area contributed by atoms with Gasteiger partial charge in [0.1, 0.15) is 18.5 Å². The Labute approximate surface area is 176 Å². The minimum atomic E-state index is -4.37. The van der Waals surface area contributed by atoms with E-state index in [0.29, 0.717) is 16.9 Å². The van der Waals surface area contributed by atoms with Crippen LogP contribution in [0.4, 0.5) is 13.2 Å². The Morgan fingerprint density at radius 3 is 2.23 bits per heavy atom. The third-order valence-electron chi connectivity index (χ3n) is 6.05. The fourth-order valence-electron chi connectivity index (χ4n) is 4.07. The highest BCUT2D eigenvalue weighted by molar-refractivity contribution is 5.53. The van der Waals surface area contributed by atoms with Crippen molar-refractivity contribution in [3.8, 4) is 18.1 Å². The summed E-state index contributed by atoms with van der Waals surface area (Å²) in [5, 5.41) is 10.2. The molecular formula is C25H27F3O2. The summed E-state index contributed by atoms with van der Waals surface area (Å²) in [5.74, 6) is 2.97. The summed E-state index contributed by atoms with van der Waals surface area (Å²) >= 11 is 0. The van der Waals surface area contributed by atoms with Gasteiger partial charge in [0, 0.05) is 5.56 Å². The average molecular weight is 416 g/mol. The smallest absolute Gasteiger partial charge is 0.416 e. The fraction of sp³-hybridized carbons (Fsp3) is 0.440. The molecule has 1 aliphatic rings. The molecule has 0 saturated carbocycles. The van der Waals surface area contributed by atoms with Crippen LogP contribution in [-0.4, -0.2) is 5.11 Å². The van der Waals surface area contributed by atoms with Crippen LogP contribution in [-0.2, 0) is 23.6 Å². The third kappa shape index (κ3) is 4.34. The number of fused-ring (bicyclic) bond motifs is 1. The van der Waals surface area contributed by atoms with Gasteiger partial charge in [0.05, 0.1) is 5.56 Å². The van der Waals surface area contributed by atoms with Gasteiger partial charge in [-0.2, -0.15) is 13.2 Å². The molecule has 1 atom stereocenters. The second-order valence-electron chi connectivity index (χ2n) is 9.26. The van der Waals surface area contributed by atoms with Crippen molar-refractivity contribution in [2.75, 3.05) is 0 Å². The average Bonchev–Trinajstić information content (AvgIpc) is 2.68. The molecule has 0 amide bonds. The van der Waals surface area contributed by atoms with E-state index in [1.54, 1.807) is 6.07 Å². The van der Waals surface area contributed by atoms with Gasteiger partial charge in [-0.15, -0.1) is 6.42 Å². The van der Waals surface area contributed by atoms with Gasteiger partial charge >= 0.3 is 6.18 Å². The second kappa shape index (κ2) is 7.67. The highest BCUT2D eigenvalue weighted by atomic mass is 19.4. The van der Waals surface area contributed by atoms with E-state index in [4.69, 9.17) is 11.2 Å². The minimum absolute atomic E-state index is 0.109. The lowest BCUT2D eigenvalue weighted by Gasteiger charge is -2.43. The number of terminal acetylenes is 1. The number of rotatable bonds is 4. The van der Waals surface area contributed by atoms with Gasteiger partial charge in [-0.1, -0.05) is 51.8 Å². The van der Waals surface area contributed by atoms with E-state index >= 15 is 0 Å². The van der Waals surface area contributed by atoms with Crippen LogP contribution in [0.5, 0.6) is 5.75 Å². The molecule has 3 rings (SSSR count). The lowest BCUT2D eigenvalue weighted by molar-refractivity contribution is -0.137. The first kappa shape index (κ1) is 22.2. The molecule has 0 heterocycles. The molecule has 30 heavy (non-hydrogen) atoms. The normalized spacial score (nSPS) is 18.2. The van der Waals surface area contributed by atoms with Crippen LogP contribution in [0, 0.1) is 12.3 Å². The molecule has 0 saturated heterocycles. The van der Waals surface area contributed by atoms with Crippen LogP contribution in [0.25, 0.3) is 0 Å². The lowest BCUT2D eigenvalue weighted by atomic mass is 9.62. The summed E-state index contributed by atoms with van der Waals surface area (Å²) in [7, 11) is 0. The van der Waals surface area contributed by atoms with Crippen molar-refractivity contribution < 1.29 is 23.0 Å². The third-order valence-corrected chi connectivity index (χ3v) is 6.05. The van der Waals surface area contributed by atoms with Crippen LogP contribution in [0.15, 0.2) is 36.4 Å². The summed E-state index contributed by atoms with van der Waals surface area (Å²) in [6.45, 7) is 8.75. The zero-order chi connectivity index (χ0) is 22.3. The number of hydrogen-bond acceptors (Lipinski definition) is 2. The summed E-state index contributed by atoms with van der Waals surface area (Å²) in [5.41, 5.74) is 2.44. The largest absolute Gasteiger partial charge is 0.489 e. The van der Waals surface area contributed by atoms with Crippen molar-refractivity contribution in [2.24, 2.45) is 0 Å².